The van der Waals surface area contributed by atoms with E-state index in [1.807, 2.05) is 45.0 Å². The highest BCUT2D eigenvalue weighted by Gasteiger charge is 2.31. The summed E-state index contributed by atoms with van der Waals surface area (Å²) in [5.41, 5.74) is 7.33. The first kappa shape index (κ1) is 23.5. The van der Waals surface area contributed by atoms with Gasteiger partial charge in [-0.3, -0.25) is 5.43 Å². The first-order valence-corrected chi connectivity index (χ1v) is 10.9. The zero-order chi connectivity index (χ0) is 23.3. The Morgan fingerprint density at radius 1 is 1.25 bits per heavy atom. The monoisotopic (exact) mass is 455 g/mol. The largest absolute Gasteiger partial charge is 0.487 e. The van der Waals surface area contributed by atoms with E-state index in [2.05, 4.69) is 28.8 Å². The molecule has 0 amide bonds. The molecular weight excluding hydrogens is 426 g/mol. The van der Waals surface area contributed by atoms with Crippen LogP contribution in [0.5, 0.6) is 11.5 Å². The molecule has 0 bridgehead atoms. The number of nitrogens with zero attached hydrogens (tertiary/aromatic N) is 1. The molecule has 2 N–H and O–H groups in total. The summed E-state index contributed by atoms with van der Waals surface area (Å²) in [7, 11) is 0. The highest BCUT2D eigenvalue weighted by Crippen LogP contribution is 2.35. The summed E-state index contributed by atoms with van der Waals surface area (Å²) in [6, 6.07) is 11.4. The average Bonchev–Trinajstić information content (AvgIpc) is 2.73. The van der Waals surface area contributed by atoms with Crippen LogP contribution in [0.4, 0.5) is 5.69 Å². The van der Waals surface area contributed by atoms with Crippen molar-refractivity contribution in [2.75, 3.05) is 18.5 Å². The van der Waals surface area contributed by atoms with Gasteiger partial charge in [-0.15, -0.1) is 0 Å². The number of nitrogens with one attached hydrogen (secondary N) is 2. The zero-order valence-corrected chi connectivity index (χ0v) is 19.9. The third-order valence-corrected chi connectivity index (χ3v) is 5.24. The molecule has 0 atom stereocenters. The van der Waals surface area contributed by atoms with Gasteiger partial charge in [0, 0.05) is 17.7 Å². The quantitative estimate of drug-likeness (QED) is 0.377. The second-order valence-corrected chi connectivity index (χ2v) is 8.57. The Balaban J connectivity index is 1.77. The first-order valence-electron chi connectivity index (χ1n) is 10.5. The third kappa shape index (κ3) is 5.97. The van der Waals surface area contributed by atoms with Crippen molar-refractivity contribution in [2.45, 2.75) is 46.6 Å². The van der Waals surface area contributed by atoms with Gasteiger partial charge in [0.05, 0.1) is 12.3 Å². The molecule has 0 aliphatic carbocycles. The molecule has 0 radical (unpaired) electrons. The molecule has 0 saturated carbocycles. The van der Waals surface area contributed by atoms with Gasteiger partial charge in [-0.1, -0.05) is 12.1 Å². The van der Waals surface area contributed by atoms with Crippen molar-refractivity contribution in [3.63, 3.8) is 0 Å². The van der Waals surface area contributed by atoms with E-state index in [1.165, 1.54) is 5.56 Å². The van der Waals surface area contributed by atoms with Crippen LogP contribution in [0.25, 0.3) is 0 Å². The van der Waals surface area contributed by atoms with Gasteiger partial charge in [0.1, 0.15) is 17.1 Å². The van der Waals surface area contributed by atoms with Gasteiger partial charge in [-0.05, 0) is 82.2 Å². The topological polar surface area (TPSA) is 81.2 Å². The summed E-state index contributed by atoms with van der Waals surface area (Å²) < 4.78 is 16.6. The van der Waals surface area contributed by atoms with Crippen LogP contribution in [0.3, 0.4) is 0 Å². The normalized spacial score (nSPS) is 15.3. The summed E-state index contributed by atoms with van der Waals surface area (Å²) >= 11 is 5.45. The minimum Gasteiger partial charge on any atom is -0.487 e. The number of aryl methyl sites for hydroxylation is 1. The molecule has 0 spiro atoms. The van der Waals surface area contributed by atoms with E-state index >= 15 is 0 Å². The van der Waals surface area contributed by atoms with Crippen LogP contribution in [0.1, 0.15) is 43.9 Å². The van der Waals surface area contributed by atoms with Crippen molar-refractivity contribution in [3.05, 3.63) is 53.1 Å². The number of carbonyl (C=O) groups excluding carboxylic acids is 1. The smallest absolute Gasteiger partial charge is 0.344 e. The van der Waals surface area contributed by atoms with Gasteiger partial charge >= 0.3 is 5.97 Å². The zero-order valence-electron chi connectivity index (χ0n) is 19.1. The number of ether oxygens (including phenoxy) is 3. The van der Waals surface area contributed by atoms with Gasteiger partial charge in [-0.2, -0.15) is 5.10 Å². The maximum atomic E-state index is 11.6. The summed E-state index contributed by atoms with van der Waals surface area (Å²) in [4.78, 5) is 11.6. The number of hydrogen-bond acceptors (Lipinski definition) is 6. The Kier molecular flexibility index (Phi) is 7.35. The van der Waals surface area contributed by atoms with Crippen molar-refractivity contribution in [3.8, 4) is 11.5 Å². The van der Waals surface area contributed by atoms with Crippen LogP contribution in [-0.4, -0.2) is 35.6 Å². The van der Waals surface area contributed by atoms with Gasteiger partial charge < -0.3 is 19.5 Å². The number of carbonyl (C=O) groups is 1. The van der Waals surface area contributed by atoms with Crippen molar-refractivity contribution < 1.29 is 19.0 Å². The van der Waals surface area contributed by atoms with E-state index in [-0.39, 0.29) is 6.61 Å². The molecule has 0 unspecified atom stereocenters. The fourth-order valence-corrected chi connectivity index (χ4v) is 3.50. The van der Waals surface area contributed by atoms with Crippen LogP contribution in [0.2, 0.25) is 0 Å². The fraction of sp³-hybridized carbons (Fsp3) is 0.375. The second kappa shape index (κ2) is 9.99. The lowest BCUT2D eigenvalue weighted by Gasteiger charge is -2.33. The summed E-state index contributed by atoms with van der Waals surface area (Å²) in [5, 5.41) is 8.16. The van der Waals surface area contributed by atoms with Crippen LogP contribution in [0, 0.1) is 13.8 Å². The van der Waals surface area contributed by atoms with Gasteiger partial charge in [-0.25, -0.2) is 4.79 Å². The molecule has 2 aromatic rings. The SMILES string of the molecule is CCOC(=O)COc1ccc2c(c1)/C(=N/NC(=S)Nc1cccc(C)c1C)CC(C)(C)O2. The average molecular weight is 456 g/mol. The van der Waals surface area contributed by atoms with Crippen LogP contribution < -0.4 is 20.2 Å². The minimum atomic E-state index is -0.428. The Hall–Kier alpha value is -3.13. The number of benzene rings is 2. The summed E-state index contributed by atoms with van der Waals surface area (Å²) in [5.74, 6) is 0.809. The Labute approximate surface area is 194 Å². The number of hydrogen-bond donors (Lipinski definition) is 2. The Bertz CT molecular complexity index is 1050. The molecular formula is C24H29N3O4S. The number of anilines is 1. The molecule has 1 heterocycles. The fourth-order valence-electron chi connectivity index (χ4n) is 3.35. The molecule has 8 heteroatoms. The molecule has 32 heavy (non-hydrogen) atoms. The van der Waals surface area contributed by atoms with E-state index < -0.39 is 11.6 Å². The van der Waals surface area contributed by atoms with Crippen molar-refractivity contribution in [1.29, 1.82) is 0 Å². The molecule has 3 rings (SSSR count). The predicted octanol–water partition coefficient (Wildman–Crippen LogP) is 4.50. The van der Waals surface area contributed by atoms with Gasteiger partial charge in [0.15, 0.2) is 11.7 Å². The summed E-state index contributed by atoms with van der Waals surface area (Å²) in [6.45, 7) is 10.0. The van der Waals surface area contributed by atoms with E-state index in [0.29, 0.717) is 29.6 Å². The lowest BCUT2D eigenvalue weighted by Crippen LogP contribution is -2.37. The molecule has 7 nitrogen and oxygen atoms in total. The van der Waals surface area contributed by atoms with E-state index in [4.69, 9.17) is 26.4 Å². The van der Waals surface area contributed by atoms with Crippen molar-refractivity contribution in [1.82, 2.24) is 5.43 Å². The number of hydrazone groups is 1. The Morgan fingerprint density at radius 2 is 2.03 bits per heavy atom. The molecule has 1 aliphatic heterocycles. The minimum absolute atomic E-state index is 0.159. The number of thiocarbonyl (C=S) groups is 1. The van der Waals surface area contributed by atoms with E-state index in [9.17, 15) is 4.79 Å². The van der Waals surface area contributed by atoms with Crippen LogP contribution in [0.15, 0.2) is 41.5 Å². The number of fused-ring (bicyclic) bond motifs is 1. The van der Waals surface area contributed by atoms with Gasteiger partial charge in [0.25, 0.3) is 0 Å². The number of esters is 1. The summed E-state index contributed by atoms with van der Waals surface area (Å²) in [6.07, 6.45) is 0.570. The highest BCUT2D eigenvalue weighted by atomic mass is 32.1. The molecule has 1 aliphatic rings. The highest BCUT2D eigenvalue weighted by molar-refractivity contribution is 7.80. The van der Waals surface area contributed by atoms with Crippen molar-refractivity contribution in [2.24, 2.45) is 5.10 Å². The predicted molar refractivity (Wildman–Crippen MR) is 130 cm³/mol. The van der Waals surface area contributed by atoms with Crippen LogP contribution >= 0.6 is 12.2 Å². The maximum Gasteiger partial charge on any atom is 0.344 e. The molecule has 170 valence electrons. The second-order valence-electron chi connectivity index (χ2n) is 8.16. The maximum absolute atomic E-state index is 11.6. The molecule has 0 fully saturated rings. The number of rotatable bonds is 6. The Morgan fingerprint density at radius 3 is 2.78 bits per heavy atom. The van der Waals surface area contributed by atoms with Gasteiger partial charge in [0.2, 0.25) is 0 Å². The standard InChI is InChI=1S/C24H29N3O4S/c1-6-29-22(28)14-30-17-10-11-21-18(12-17)20(13-24(4,5)31-21)26-27-23(32)25-19-9-7-8-15(2)16(19)3/h7-12H,6,13-14H2,1-5H3,(H2,25,27,32)/b26-20+. The third-order valence-electron chi connectivity index (χ3n) is 5.05. The molecule has 0 aromatic heterocycles. The van der Waals surface area contributed by atoms with E-state index in [0.717, 1.165) is 22.5 Å². The first-order chi connectivity index (χ1) is 15.2. The molecule has 0 saturated heterocycles. The van der Waals surface area contributed by atoms with E-state index in [1.54, 1.807) is 13.0 Å². The lowest BCUT2D eigenvalue weighted by atomic mass is 9.92. The van der Waals surface area contributed by atoms with Crippen LogP contribution in [-0.2, 0) is 9.53 Å². The van der Waals surface area contributed by atoms with Crippen molar-refractivity contribution >= 4 is 34.7 Å². The lowest BCUT2D eigenvalue weighted by molar-refractivity contribution is -0.145. The molecule has 2 aromatic carbocycles.